The molecule has 0 aliphatic rings. The Morgan fingerprint density at radius 3 is 2.34 bits per heavy atom. The van der Waals surface area contributed by atoms with Crippen LogP contribution in [-0.2, 0) is 11.4 Å². The molecule has 0 radical (unpaired) electrons. The number of hydrogen-bond donors (Lipinski definition) is 1. The van der Waals surface area contributed by atoms with E-state index in [0.717, 1.165) is 5.56 Å². The molecule has 35 heavy (non-hydrogen) atoms. The summed E-state index contributed by atoms with van der Waals surface area (Å²) in [5.41, 5.74) is 3.48. The van der Waals surface area contributed by atoms with Gasteiger partial charge in [0.1, 0.15) is 24.0 Å². The number of carbonyl (C=O) groups excluding carboxylic acids is 1. The summed E-state index contributed by atoms with van der Waals surface area (Å²) in [6.45, 7) is 8.72. The van der Waals surface area contributed by atoms with Crippen LogP contribution in [0.1, 0.15) is 37.5 Å². The lowest BCUT2D eigenvalue weighted by Crippen LogP contribution is -2.13. The molecule has 0 heterocycles. The number of amides is 1. The van der Waals surface area contributed by atoms with Gasteiger partial charge in [-0.1, -0.05) is 35.9 Å². The van der Waals surface area contributed by atoms with Crippen molar-refractivity contribution in [2.24, 2.45) is 0 Å². The summed E-state index contributed by atoms with van der Waals surface area (Å²) < 4.78 is 17.2. The second-order valence-corrected chi connectivity index (χ2v) is 8.23. The van der Waals surface area contributed by atoms with Gasteiger partial charge >= 0.3 is 0 Å². The van der Waals surface area contributed by atoms with Gasteiger partial charge in [-0.05, 0) is 81.3 Å². The lowest BCUT2D eigenvalue weighted by atomic mass is 10.1. The predicted octanol–water partition coefficient (Wildman–Crippen LogP) is 6.31. The number of carbonyl (C=O) groups is 1. The van der Waals surface area contributed by atoms with Gasteiger partial charge < -0.3 is 19.5 Å². The first-order valence-electron chi connectivity index (χ1n) is 11.5. The monoisotopic (exact) mass is 470 g/mol. The minimum Gasteiger partial charge on any atom is -0.490 e. The van der Waals surface area contributed by atoms with E-state index in [4.69, 9.17) is 14.2 Å². The molecule has 0 saturated carbocycles. The maximum absolute atomic E-state index is 12.7. The Kier molecular flexibility index (Phi) is 8.91. The molecule has 180 valence electrons. The Morgan fingerprint density at radius 2 is 1.71 bits per heavy atom. The van der Waals surface area contributed by atoms with Crippen molar-refractivity contribution in [3.05, 3.63) is 89.0 Å². The van der Waals surface area contributed by atoms with Gasteiger partial charge in [-0.25, -0.2) is 0 Å². The highest BCUT2D eigenvalue weighted by atomic mass is 16.5. The third kappa shape index (κ3) is 7.65. The fourth-order valence-electron chi connectivity index (χ4n) is 3.23. The van der Waals surface area contributed by atoms with Crippen LogP contribution in [0.15, 0.2) is 72.3 Å². The summed E-state index contributed by atoms with van der Waals surface area (Å²) in [4.78, 5) is 12.7. The molecule has 1 amide bonds. The van der Waals surface area contributed by atoms with Gasteiger partial charge in [-0.3, -0.25) is 4.79 Å². The summed E-state index contributed by atoms with van der Waals surface area (Å²) in [7, 11) is 0. The maximum atomic E-state index is 12.7. The topological polar surface area (TPSA) is 80.6 Å². The van der Waals surface area contributed by atoms with Crippen LogP contribution in [0, 0.1) is 18.3 Å². The van der Waals surface area contributed by atoms with Crippen molar-refractivity contribution in [1.29, 1.82) is 5.26 Å². The Labute approximate surface area is 206 Å². The van der Waals surface area contributed by atoms with Crippen molar-refractivity contribution in [2.75, 3.05) is 11.9 Å². The minimum absolute atomic E-state index is 0.00422. The molecule has 0 atom stereocenters. The summed E-state index contributed by atoms with van der Waals surface area (Å²) in [6, 6.07) is 22.5. The molecular weight excluding hydrogens is 440 g/mol. The molecule has 6 nitrogen and oxygen atoms in total. The highest BCUT2D eigenvalue weighted by Crippen LogP contribution is 2.30. The first-order chi connectivity index (χ1) is 16.9. The summed E-state index contributed by atoms with van der Waals surface area (Å²) in [5, 5.41) is 12.3. The standard InChI is InChI=1S/C29H30N2O4/c1-5-33-28-17-23(10-15-27(28)35-20(2)3)16-24(18-30)29(32)31-25-11-13-26(14-12-25)34-19-22-8-6-21(4)7-9-22/h6-17,20H,5,19H2,1-4H3,(H,31,32)/b24-16+. The van der Waals surface area contributed by atoms with E-state index in [2.05, 4.69) is 5.32 Å². The summed E-state index contributed by atoms with van der Waals surface area (Å²) in [5.74, 6) is 1.37. The quantitative estimate of drug-likeness (QED) is 0.278. The molecule has 0 aromatic heterocycles. The minimum atomic E-state index is -0.499. The average molecular weight is 471 g/mol. The van der Waals surface area contributed by atoms with Crippen LogP contribution < -0.4 is 19.5 Å². The maximum Gasteiger partial charge on any atom is 0.266 e. The van der Waals surface area contributed by atoms with E-state index < -0.39 is 5.91 Å². The van der Waals surface area contributed by atoms with Crippen LogP contribution in [0.3, 0.4) is 0 Å². The fraction of sp³-hybridized carbons (Fsp3) is 0.241. The van der Waals surface area contributed by atoms with Crippen molar-refractivity contribution < 1.29 is 19.0 Å². The molecule has 0 saturated heterocycles. The molecule has 1 N–H and O–H groups in total. The molecule has 6 heteroatoms. The Balaban J connectivity index is 1.66. The number of rotatable bonds is 10. The number of ether oxygens (including phenoxy) is 3. The van der Waals surface area contributed by atoms with Gasteiger partial charge in [-0.2, -0.15) is 5.26 Å². The predicted molar refractivity (Wildman–Crippen MR) is 138 cm³/mol. The lowest BCUT2D eigenvalue weighted by Gasteiger charge is -2.15. The number of hydrogen-bond acceptors (Lipinski definition) is 5. The van der Waals surface area contributed by atoms with Crippen LogP contribution >= 0.6 is 0 Å². The number of nitrogens with zero attached hydrogens (tertiary/aromatic N) is 1. The van der Waals surface area contributed by atoms with Crippen LogP contribution in [0.4, 0.5) is 5.69 Å². The molecule has 3 aromatic rings. The second-order valence-electron chi connectivity index (χ2n) is 8.23. The van der Waals surface area contributed by atoms with Crippen molar-refractivity contribution in [1.82, 2.24) is 0 Å². The zero-order valence-corrected chi connectivity index (χ0v) is 20.5. The molecule has 0 aliphatic heterocycles. The van der Waals surface area contributed by atoms with Gasteiger partial charge in [0.05, 0.1) is 12.7 Å². The van der Waals surface area contributed by atoms with Crippen LogP contribution in [0.2, 0.25) is 0 Å². The van der Waals surface area contributed by atoms with Gasteiger partial charge in [-0.15, -0.1) is 0 Å². The highest BCUT2D eigenvalue weighted by molar-refractivity contribution is 6.09. The molecule has 0 fully saturated rings. The van der Waals surface area contributed by atoms with E-state index in [-0.39, 0.29) is 11.7 Å². The number of nitriles is 1. The molecule has 0 aliphatic carbocycles. The van der Waals surface area contributed by atoms with Crippen LogP contribution in [-0.4, -0.2) is 18.6 Å². The highest BCUT2D eigenvalue weighted by Gasteiger charge is 2.12. The molecule has 3 aromatic carbocycles. The zero-order chi connectivity index (χ0) is 25.2. The SMILES string of the molecule is CCOc1cc(/C=C(\C#N)C(=O)Nc2ccc(OCc3ccc(C)cc3)cc2)ccc1OC(C)C. The molecular formula is C29H30N2O4. The summed E-state index contributed by atoms with van der Waals surface area (Å²) in [6.07, 6.45) is 1.52. The molecule has 3 rings (SSSR count). The van der Waals surface area contributed by atoms with Crippen molar-refractivity contribution in [2.45, 2.75) is 40.4 Å². The first-order valence-corrected chi connectivity index (χ1v) is 11.5. The Hall–Kier alpha value is -4.24. The zero-order valence-electron chi connectivity index (χ0n) is 20.5. The number of benzene rings is 3. The lowest BCUT2D eigenvalue weighted by molar-refractivity contribution is -0.112. The smallest absolute Gasteiger partial charge is 0.266 e. The molecule has 0 bridgehead atoms. The third-order valence-corrected chi connectivity index (χ3v) is 4.94. The average Bonchev–Trinajstić information content (AvgIpc) is 2.84. The van der Waals surface area contributed by atoms with E-state index >= 15 is 0 Å². The number of anilines is 1. The van der Waals surface area contributed by atoms with Crippen LogP contribution in [0.5, 0.6) is 17.2 Å². The van der Waals surface area contributed by atoms with Crippen LogP contribution in [0.25, 0.3) is 6.08 Å². The first kappa shape index (κ1) is 25.4. The summed E-state index contributed by atoms with van der Waals surface area (Å²) >= 11 is 0. The third-order valence-electron chi connectivity index (χ3n) is 4.94. The van der Waals surface area contributed by atoms with Gasteiger partial charge in [0.2, 0.25) is 0 Å². The normalized spacial score (nSPS) is 11.0. The van der Waals surface area contributed by atoms with E-state index in [0.29, 0.717) is 41.7 Å². The van der Waals surface area contributed by atoms with E-state index in [1.165, 1.54) is 11.6 Å². The largest absolute Gasteiger partial charge is 0.490 e. The van der Waals surface area contributed by atoms with Gasteiger partial charge in [0, 0.05) is 5.69 Å². The Bertz CT molecular complexity index is 1210. The van der Waals surface area contributed by atoms with E-state index in [9.17, 15) is 10.1 Å². The van der Waals surface area contributed by atoms with Gasteiger partial charge in [0.15, 0.2) is 11.5 Å². The molecule has 0 spiro atoms. The van der Waals surface area contributed by atoms with E-state index in [1.807, 2.05) is 58.0 Å². The number of nitrogens with one attached hydrogen (secondary N) is 1. The number of aryl methyl sites for hydroxylation is 1. The Morgan fingerprint density at radius 1 is 1.00 bits per heavy atom. The fourth-order valence-corrected chi connectivity index (χ4v) is 3.23. The van der Waals surface area contributed by atoms with Crippen molar-refractivity contribution in [3.63, 3.8) is 0 Å². The van der Waals surface area contributed by atoms with Crippen molar-refractivity contribution in [3.8, 4) is 23.3 Å². The second kappa shape index (κ2) is 12.3. The van der Waals surface area contributed by atoms with Crippen molar-refractivity contribution >= 4 is 17.7 Å². The van der Waals surface area contributed by atoms with E-state index in [1.54, 1.807) is 42.5 Å². The van der Waals surface area contributed by atoms with Gasteiger partial charge in [0.25, 0.3) is 5.91 Å². The molecule has 0 unspecified atom stereocenters.